The summed E-state index contributed by atoms with van der Waals surface area (Å²) in [4.78, 5) is 3.96. The number of rotatable bonds is 5. The quantitative estimate of drug-likeness (QED) is 0.719. The van der Waals surface area contributed by atoms with Crippen molar-refractivity contribution in [3.8, 4) is 11.4 Å². The number of nitrogens with zero attached hydrogens (tertiary/aromatic N) is 3. The third-order valence-corrected chi connectivity index (χ3v) is 5.83. The number of aromatic nitrogens is 2. The van der Waals surface area contributed by atoms with E-state index in [0.717, 1.165) is 60.6 Å². The van der Waals surface area contributed by atoms with Gasteiger partial charge in [-0.05, 0) is 31.2 Å². The van der Waals surface area contributed by atoms with Crippen LogP contribution in [-0.4, -0.2) is 43.1 Å². The van der Waals surface area contributed by atoms with Crippen LogP contribution in [0.1, 0.15) is 11.3 Å². The Balaban J connectivity index is 1.43. The van der Waals surface area contributed by atoms with E-state index in [1.54, 1.807) is 7.11 Å². The van der Waals surface area contributed by atoms with E-state index >= 15 is 0 Å². The van der Waals surface area contributed by atoms with E-state index in [9.17, 15) is 0 Å². The fourth-order valence-electron chi connectivity index (χ4n) is 3.79. The van der Waals surface area contributed by atoms with Crippen LogP contribution in [0, 0.1) is 6.92 Å². The number of halogens is 1. The van der Waals surface area contributed by atoms with Crippen LogP contribution in [0.15, 0.2) is 54.6 Å². The Bertz CT molecular complexity index is 933. The number of methoxy groups -OCH3 is 1. The molecular weight excluding hydrogens is 372 g/mol. The molecule has 0 bridgehead atoms. The van der Waals surface area contributed by atoms with Gasteiger partial charge in [-0.15, -0.1) is 0 Å². The molecule has 2 aromatic carbocycles. The molecule has 0 radical (unpaired) electrons. The largest absolute Gasteiger partial charge is 0.497 e. The highest BCUT2D eigenvalue weighted by Crippen LogP contribution is 2.23. The number of anilines is 1. The Morgan fingerprint density at radius 1 is 1.04 bits per heavy atom. The van der Waals surface area contributed by atoms with Gasteiger partial charge in [0.15, 0.2) is 0 Å². The standard InChI is InChI=1S/C22H25ClN4O/c1-17-21(22(23)27(24-17)18-7-4-3-5-8-18)16-25-11-13-26(14-12-25)19-9-6-10-20(15-19)28-2/h3-10,15H,11-14,16H2,1-2H3/p+1. The zero-order chi connectivity index (χ0) is 19.5. The van der Waals surface area contributed by atoms with Gasteiger partial charge in [0.25, 0.3) is 0 Å². The van der Waals surface area contributed by atoms with Crippen molar-refractivity contribution in [1.29, 1.82) is 0 Å². The fraction of sp³-hybridized carbons (Fsp3) is 0.318. The van der Waals surface area contributed by atoms with Crippen LogP contribution in [0.2, 0.25) is 5.15 Å². The van der Waals surface area contributed by atoms with Crippen LogP contribution >= 0.6 is 11.6 Å². The molecule has 1 aliphatic rings. The minimum Gasteiger partial charge on any atom is -0.497 e. The molecule has 1 N–H and O–H groups in total. The van der Waals surface area contributed by atoms with E-state index in [0.29, 0.717) is 0 Å². The average molecular weight is 398 g/mol. The highest BCUT2D eigenvalue weighted by molar-refractivity contribution is 6.30. The van der Waals surface area contributed by atoms with Crippen LogP contribution < -0.4 is 14.5 Å². The van der Waals surface area contributed by atoms with Gasteiger partial charge >= 0.3 is 0 Å². The average Bonchev–Trinajstić information content (AvgIpc) is 3.03. The SMILES string of the molecule is COc1cccc(N2CC[NH+](Cc3c(C)nn(-c4ccccc4)c3Cl)CC2)c1. The van der Waals surface area contributed by atoms with Gasteiger partial charge in [-0.2, -0.15) is 5.10 Å². The molecule has 0 unspecified atom stereocenters. The van der Waals surface area contributed by atoms with Crippen LogP contribution in [-0.2, 0) is 6.54 Å². The second-order valence-corrected chi connectivity index (χ2v) is 7.58. The molecule has 0 atom stereocenters. The highest BCUT2D eigenvalue weighted by atomic mass is 35.5. The molecule has 28 heavy (non-hydrogen) atoms. The molecule has 0 spiro atoms. The summed E-state index contributed by atoms with van der Waals surface area (Å²) in [6.07, 6.45) is 0. The molecule has 4 rings (SSSR count). The second-order valence-electron chi connectivity index (χ2n) is 7.22. The third-order valence-electron chi connectivity index (χ3n) is 5.44. The van der Waals surface area contributed by atoms with Crippen molar-refractivity contribution in [3.05, 3.63) is 71.0 Å². The zero-order valence-corrected chi connectivity index (χ0v) is 17.1. The topological polar surface area (TPSA) is 34.7 Å². The Kier molecular flexibility index (Phi) is 5.55. The van der Waals surface area contributed by atoms with Gasteiger partial charge in [-0.3, -0.25) is 0 Å². The number of aryl methyl sites for hydroxylation is 1. The monoisotopic (exact) mass is 397 g/mol. The number of piperazine rings is 1. The number of benzene rings is 2. The summed E-state index contributed by atoms with van der Waals surface area (Å²) >= 11 is 6.70. The first-order valence-corrected chi connectivity index (χ1v) is 10.1. The molecular formula is C22H26ClN4O+. The minimum atomic E-state index is 0.728. The summed E-state index contributed by atoms with van der Waals surface area (Å²) in [5, 5.41) is 5.40. The molecule has 0 aliphatic carbocycles. The van der Waals surface area contributed by atoms with Crippen molar-refractivity contribution in [3.63, 3.8) is 0 Å². The number of ether oxygens (including phenoxy) is 1. The van der Waals surface area contributed by atoms with Crippen molar-refractivity contribution in [2.24, 2.45) is 0 Å². The van der Waals surface area contributed by atoms with Crippen LogP contribution in [0.4, 0.5) is 5.69 Å². The maximum absolute atomic E-state index is 6.70. The predicted octanol–water partition coefficient (Wildman–Crippen LogP) is 2.75. The van der Waals surface area contributed by atoms with Gasteiger partial charge < -0.3 is 14.5 Å². The highest BCUT2D eigenvalue weighted by Gasteiger charge is 2.24. The molecule has 1 saturated heterocycles. The van der Waals surface area contributed by atoms with Crippen LogP contribution in [0.3, 0.4) is 0 Å². The molecule has 3 aromatic rings. The fourth-order valence-corrected chi connectivity index (χ4v) is 4.13. The lowest BCUT2D eigenvalue weighted by molar-refractivity contribution is -0.914. The lowest BCUT2D eigenvalue weighted by Crippen LogP contribution is -3.13. The predicted molar refractivity (Wildman–Crippen MR) is 113 cm³/mol. The smallest absolute Gasteiger partial charge is 0.142 e. The molecule has 2 heterocycles. The number of hydrogen-bond acceptors (Lipinski definition) is 3. The molecule has 1 fully saturated rings. The van der Waals surface area contributed by atoms with E-state index in [-0.39, 0.29) is 0 Å². The first kappa shape index (κ1) is 18.8. The maximum Gasteiger partial charge on any atom is 0.142 e. The summed E-state index contributed by atoms with van der Waals surface area (Å²) in [7, 11) is 1.71. The lowest BCUT2D eigenvalue weighted by Gasteiger charge is -2.33. The first-order valence-electron chi connectivity index (χ1n) is 9.67. The zero-order valence-electron chi connectivity index (χ0n) is 16.4. The molecule has 146 valence electrons. The molecule has 0 amide bonds. The van der Waals surface area contributed by atoms with E-state index < -0.39 is 0 Å². The van der Waals surface area contributed by atoms with Crippen LogP contribution in [0.5, 0.6) is 5.75 Å². The van der Waals surface area contributed by atoms with Gasteiger partial charge in [0, 0.05) is 11.8 Å². The Morgan fingerprint density at radius 2 is 1.75 bits per heavy atom. The molecule has 5 nitrogen and oxygen atoms in total. The van der Waals surface area contributed by atoms with Gasteiger partial charge in [0.1, 0.15) is 17.4 Å². The minimum absolute atomic E-state index is 0.728. The van der Waals surface area contributed by atoms with Gasteiger partial charge in [-0.1, -0.05) is 35.9 Å². The van der Waals surface area contributed by atoms with Crippen molar-refractivity contribution >= 4 is 17.3 Å². The number of hydrogen-bond donors (Lipinski definition) is 1. The lowest BCUT2D eigenvalue weighted by atomic mass is 10.2. The van der Waals surface area contributed by atoms with E-state index in [2.05, 4.69) is 28.2 Å². The Hall–Kier alpha value is -2.50. The van der Waals surface area contributed by atoms with E-state index in [1.807, 2.05) is 48.0 Å². The maximum atomic E-state index is 6.70. The third kappa shape index (κ3) is 3.86. The van der Waals surface area contributed by atoms with Crippen molar-refractivity contribution in [2.75, 3.05) is 38.2 Å². The summed E-state index contributed by atoms with van der Waals surface area (Å²) in [5.74, 6) is 0.906. The normalized spacial score (nSPS) is 15.0. The van der Waals surface area contributed by atoms with Crippen molar-refractivity contribution in [1.82, 2.24) is 9.78 Å². The van der Waals surface area contributed by atoms with Gasteiger partial charge in [0.2, 0.25) is 0 Å². The van der Waals surface area contributed by atoms with E-state index in [4.69, 9.17) is 16.3 Å². The first-order chi connectivity index (χ1) is 13.7. The Labute approximate surface area is 171 Å². The summed E-state index contributed by atoms with van der Waals surface area (Å²) in [6.45, 7) is 7.14. The Morgan fingerprint density at radius 3 is 2.46 bits per heavy atom. The summed E-state index contributed by atoms with van der Waals surface area (Å²) in [6, 6.07) is 18.4. The molecule has 6 heteroatoms. The second kappa shape index (κ2) is 8.25. The van der Waals surface area contributed by atoms with E-state index in [1.165, 1.54) is 10.6 Å². The van der Waals surface area contributed by atoms with Gasteiger partial charge in [-0.25, -0.2) is 4.68 Å². The number of para-hydroxylation sites is 1. The number of quaternary nitrogens is 1. The van der Waals surface area contributed by atoms with Gasteiger partial charge in [0.05, 0.1) is 50.2 Å². The molecule has 0 saturated carbocycles. The molecule has 1 aromatic heterocycles. The summed E-state index contributed by atoms with van der Waals surface area (Å²) < 4.78 is 7.20. The summed E-state index contributed by atoms with van der Waals surface area (Å²) in [5.41, 5.74) is 4.39. The van der Waals surface area contributed by atoms with Crippen molar-refractivity contribution < 1.29 is 9.64 Å². The number of nitrogens with one attached hydrogen (secondary N) is 1. The van der Waals surface area contributed by atoms with Crippen LogP contribution in [0.25, 0.3) is 5.69 Å². The van der Waals surface area contributed by atoms with Crippen molar-refractivity contribution in [2.45, 2.75) is 13.5 Å². The molecule has 1 aliphatic heterocycles.